The average molecular weight is 417 g/mol. The molecule has 4 heterocycles. The molecule has 2 saturated heterocycles. The molecule has 0 saturated carbocycles. The molecule has 4 nitrogen and oxygen atoms in total. The fraction of sp³-hybridized carbons (Fsp3) is 0.474. The zero-order chi connectivity index (χ0) is 20.9. The Morgan fingerprint density at radius 2 is 1.52 bits per heavy atom. The number of hydrogen-bond acceptors (Lipinski definition) is 4. The number of piperidine rings is 1. The Hall–Kier alpha value is -2.52. The highest BCUT2D eigenvalue weighted by atomic mass is 19.4. The Morgan fingerprint density at radius 3 is 2.07 bits per heavy atom. The Bertz CT molecular complexity index is 861. The number of fused-ring (bicyclic) bond motifs is 2. The van der Waals surface area contributed by atoms with Gasteiger partial charge in [0.1, 0.15) is 5.82 Å². The number of ether oxygens (including phenoxy) is 1. The second-order valence-electron chi connectivity index (χ2n) is 7.29. The molecule has 2 aromatic heterocycles. The first-order valence-electron chi connectivity index (χ1n) is 9.13. The first kappa shape index (κ1) is 19.8. The molecule has 2 fully saturated rings. The van der Waals surface area contributed by atoms with Crippen LogP contribution in [0.5, 0.6) is 5.88 Å². The van der Waals surface area contributed by atoms with Crippen LogP contribution in [0.3, 0.4) is 0 Å². The molecule has 156 valence electrons. The summed E-state index contributed by atoms with van der Waals surface area (Å²) in [6.45, 7) is 0. The van der Waals surface area contributed by atoms with E-state index in [9.17, 15) is 26.3 Å². The van der Waals surface area contributed by atoms with Gasteiger partial charge in [0, 0.05) is 37.3 Å². The van der Waals surface area contributed by atoms with Gasteiger partial charge in [-0.05, 0) is 37.5 Å². The Labute approximate surface area is 162 Å². The smallest absolute Gasteiger partial charge is 0.417 e. The van der Waals surface area contributed by atoms with E-state index < -0.39 is 29.2 Å². The van der Waals surface area contributed by atoms with Gasteiger partial charge in [-0.2, -0.15) is 26.3 Å². The van der Waals surface area contributed by atoms with Crippen molar-refractivity contribution in [2.45, 2.75) is 56.2 Å². The van der Waals surface area contributed by atoms with Gasteiger partial charge in [-0.3, -0.25) is 0 Å². The summed E-state index contributed by atoms with van der Waals surface area (Å²) in [4.78, 5) is 9.64. The van der Waals surface area contributed by atoms with Gasteiger partial charge in [0.25, 0.3) is 0 Å². The van der Waals surface area contributed by atoms with Crippen molar-refractivity contribution < 1.29 is 31.1 Å². The van der Waals surface area contributed by atoms with Gasteiger partial charge < -0.3 is 9.64 Å². The van der Waals surface area contributed by atoms with Crippen molar-refractivity contribution >= 4 is 5.82 Å². The molecule has 2 unspecified atom stereocenters. The number of alkyl halides is 6. The summed E-state index contributed by atoms with van der Waals surface area (Å²) in [5.41, 5.74) is -2.61. The Balaban J connectivity index is 1.62. The molecule has 0 N–H and O–H groups in total. The molecule has 2 aromatic rings. The van der Waals surface area contributed by atoms with E-state index in [0.717, 1.165) is 43.7 Å². The number of aromatic nitrogens is 2. The molecule has 29 heavy (non-hydrogen) atoms. The van der Waals surface area contributed by atoms with Crippen molar-refractivity contribution in [3.8, 4) is 5.88 Å². The highest BCUT2D eigenvalue weighted by molar-refractivity contribution is 5.47. The maximum Gasteiger partial charge on any atom is 0.417 e. The minimum atomic E-state index is -4.50. The predicted octanol–water partition coefficient (Wildman–Crippen LogP) is 5.44. The molecule has 0 amide bonds. The predicted molar refractivity (Wildman–Crippen MR) is 91.2 cm³/mol. The monoisotopic (exact) mass is 417 g/mol. The minimum Gasteiger partial charge on any atom is -0.451 e. The van der Waals surface area contributed by atoms with Crippen molar-refractivity contribution in [2.24, 2.45) is 0 Å². The lowest BCUT2D eigenvalue weighted by Gasteiger charge is -2.45. The van der Waals surface area contributed by atoms with Crippen molar-refractivity contribution in [1.82, 2.24) is 9.97 Å². The third-order valence-corrected chi connectivity index (χ3v) is 5.46. The quantitative estimate of drug-likeness (QED) is 0.624. The number of halogens is 6. The molecule has 2 aliphatic heterocycles. The number of rotatable bonds is 3. The zero-order valence-corrected chi connectivity index (χ0v) is 15.1. The van der Waals surface area contributed by atoms with Crippen LogP contribution in [-0.4, -0.2) is 21.7 Å². The lowest BCUT2D eigenvalue weighted by Crippen LogP contribution is -2.55. The molecule has 0 aromatic carbocycles. The van der Waals surface area contributed by atoms with E-state index in [1.54, 1.807) is 0 Å². The molecular formula is C19H17F6N3O. The van der Waals surface area contributed by atoms with Gasteiger partial charge in [0.15, 0.2) is 5.72 Å². The van der Waals surface area contributed by atoms with Crippen molar-refractivity contribution in [2.75, 3.05) is 4.90 Å². The van der Waals surface area contributed by atoms with Gasteiger partial charge in [-0.25, -0.2) is 9.97 Å². The van der Waals surface area contributed by atoms with E-state index in [1.165, 1.54) is 6.07 Å². The van der Waals surface area contributed by atoms with Crippen LogP contribution in [-0.2, 0) is 12.4 Å². The Morgan fingerprint density at radius 1 is 0.862 bits per heavy atom. The molecule has 4 rings (SSSR count). The summed E-state index contributed by atoms with van der Waals surface area (Å²) < 4.78 is 82.8. The summed E-state index contributed by atoms with van der Waals surface area (Å²) in [7, 11) is 0. The minimum absolute atomic E-state index is 0.0393. The molecule has 2 bridgehead atoms. The van der Waals surface area contributed by atoms with Crippen LogP contribution in [0.25, 0.3) is 0 Å². The average Bonchev–Trinajstić information content (AvgIpc) is 2.86. The first-order chi connectivity index (χ1) is 13.6. The van der Waals surface area contributed by atoms with Crippen LogP contribution in [0.2, 0.25) is 0 Å². The molecule has 10 heteroatoms. The van der Waals surface area contributed by atoms with Gasteiger partial charge in [-0.15, -0.1) is 0 Å². The maximum absolute atomic E-state index is 12.8. The zero-order valence-electron chi connectivity index (χ0n) is 15.1. The number of pyridine rings is 2. The van der Waals surface area contributed by atoms with E-state index >= 15 is 0 Å². The topological polar surface area (TPSA) is 38.2 Å². The lowest BCUT2D eigenvalue weighted by atomic mass is 9.99. The van der Waals surface area contributed by atoms with E-state index in [1.807, 2.05) is 4.90 Å². The second kappa shape index (κ2) is 6.77. The fourth-order valence-electron chi connectivity index (χ4n) is 4.15. The summed E-state index contributed by atoms with van der Waals surface area (Å²) in [6, 6.07) is 4.39. The number of anilines is 1. The van der Waals surface area contributed by atoms with Gasteiger partial charge in [-0.1, -0.05) is 0 Å². The van der Waals surface area contributed by atoms with Crippen LogP contribution >= 0.6 is 0 Å². The largest absolute Gasteiger partial charge is 0.451 e. The number of hydrogen-bond donors (Lipinski definition) is 0. The normalized spacial score (nSPS) is 24.6. The summed E-state index contributed by atoms with van der Waals surface area (Å²) in [6.07, 6.45) is -3.89. The molecule has 0 aliphatic carbocycles. The first-order valence-corrected chi connectivity index (χ1v) is 9.13. The molecule has 2 atom stereocenters. The van der Waals surface area contributed by atoms with Crippen LogP contribution in [0, 0.1) is 0 Å². The SMILES string of the molecule is FC(F)(F)c1ccc(OC23CCCC(CC2)N3c2ccc(C(F)(F)F)cn2)nc1. The maximum atomic E-state index is 12.8. The summed E-state index contributed by atoms with van der Waals surface area (Å²) in [5, 5.41) is 0. The fourth-order valence-corrected chi connectivity index (χ4v) is 4.15. The van der Waals surface area contributed by atoms with Crippen LogP contribution in [0.4, 0.5) is 32.2 Å². The van der Waals surface area contributed by atoms with Gasteiger partial charge in [0.05, 0.1) is 11.1 Å². The van der Waals surface area contributed by atoms with E-state index in [2.05, 4.69) is 9.97 Å². The molecule has 0 radical (unpaired) electrons. The number of nitrogens with zero attached hydrogens (tertiary/aromatic N) is 3. The van der Waals surface area contributed by atoms with Crippen LogP contribution < -0.4 is 9.64 Å². The van der Waals surface area contributed by atoms with Crippen LogP contribution in [0.15, 0.2) is 36.7 Å². The summed E-state index contributed by atoms with van der Waals surface area (Å²) in [5.74, 6) is 0.393. The van der Waals surface area contributed by atoms with Crippen molar-refractivity contribution in [1.29, 1.82) is 0 Å². The third kappa shape index (κ3) is 3.72. The van der Waals surface area contributed by atoms with E-state index in [0.29, 0.717) is 24.9 Å². The molecular weight excluding hydrogens is 400 g/mol. The highest BCUT2D eigenvalue weighted by Crippen LogP contribution is 2.47. The molecule has 0 spiro atoms. The van der Waals surface area contributed by atoms with Crippen molar-refractivity contribution in [3.05, 3.63) is 47.8 Å². The molecule has 2 aliphatic rings. The Kier molecular flexibility index (Phi) is 4.62. The second-order valence-corrected chi connectivity index (χ2v) is 7.29. The van der Waals surface area contributed by atoms with E-state index in [4.69, 9.17) is 4.74 Å². The summed E-state index contributed by atoms with van der Waals surface area (Å²) >= 11 is 0. The van der Waals surface area contributed by atoms with Crippen LogP contribution in [0.1, 0.15) is 43.2 Å². The lowest BCUT2D eigenvalue weighted by molar-refractivity contribution is -0.138. The highest BCUT2D eigenvalue weighted by Gasteiger charge is 2.52. The van der Waals surface area contributed by atoms with Crippen molar-refractivity contribution in [3.63, 3.8) is 0 Å². The van der Waals surface area contributed by atoms with Gasteiger partial charge in [0.2, 0.25) is 5.88 Å². The standard InChI is InChI=1S/C19H17F6N3O/c20-18(21,22)12-3-5-15(26-10-12)28-14-2-1-8-17(28,9-7-14)29-16-6-4-13(11-27-16)19(23,24)25/h3-6,10-11,14H,1-2,7-9H2. The van der Waals surface area contributed by atoms with E-state index in [-0.39, 0.29) is 11.9 Å². The van der Waals surface area contributed by atoms with Gasteiger partial charge >= 0.3 is 12.4 Å². The third-order valence-electron chi connectivity index (χ3n) is 5.46.